The van der Waals surface area contributed by atoms with Gasteiger partial charge in [-0.1, -0.05) is 18.2 Å². The van der Waals surface area contributed by atoms with Gasteiger partial charge in [0.15, 0.2) is 0 Å². The molecule has 0 spiro atoms. The van der Waals surface area contributed by atoms with Crippen LogP contribution in [0.4, 0.5) is 14.5 Å². The lowest BCUT2D eigenvalue weighted by molar-refractivity contribution is 0.101. The first kappa shape index (κ1) is 17.5. The van der Waals surface area contributed by atoms with E-state index in [2.05, 4.69) is 22.2 Å². The number of hydrogen-bond donors (Lipinski definition) is 1. The quantitative estimate of drug-likeness (QED) is 0.925. The first-order valence-corrected chi connectivity index (χ1v) is 8.28. The van der Waals surface area contributed by atoms with Gasteiger partial charge in [-0.15, -0.1) is 0 Å². The molecule has 0 radical (unpaired) electrons. The first-order chi connectivity index (χ1) is 12.0. The largest absolute Gasteiger partial charge is 0.322 e. The minimum absolute atomic E-state index is 0.509. The Morgan fingerprint density at radius 2 is 1.60 bits per heavy atom. The third-order valence-electron chi connectivity index (χ3n) is 4.40. The van der Waals surface area contributed by atoms with Crippen molar-refractivity contribution in [1.29, 1.82) is 0 Å². The summed E-state index contributed by atoms with van der Waals surface area (Å²) in [5.74, 6) is -2.53. The van der Waals surface area contributed by atoms with Gasteiger partial charge in [0.2, 0.25) is 0 Å². The highest BCUT2D eigenvalue weighted by Gasteiger charge is 2.17. The minimum atomic E-state index is -0.871. The van der Waals surface area contributed by atoms with Crippen LogP contribution in [-0.4, -0.2) is 48.9 Å². The Labute approximate surface area is 146 Å². The van der Waals surface area contributed by atoms with Gasteiger partial charge in [-0.25, -0.2) is 8.78 Å². The van der Waals surface area contributed by atoms with E-state index in [-0.39, 0.29) is 0 Å². The maximum absolute atomic E-state index is 13.6. The zero-order valence-electron chi connectivity index (χ0n) is 14.1. The van der Waals surface area contributed by atoms with Crippen LogP contribution in [0.5, 0.6) is 0 Å². The third kappa shape index (κ3) is 4.41. The second-order valence-electron chi connectivity index (χ2n) is 6.33. The van der Waals surface area contributed by atoms with E-state index in [0.717, 1.165) is 50.4 Å². The van der Waals surface area contributed by atoms with E-state index in [4.69, 9.17) is 0 Å². The van der Waals surface area contributed by atoms with E-state index in [1.807, 2.05) is 12.1 Å². The molecule has 2 aromatic carbocycles. The van der Waals surface area contributed by atoms with Crippen LogP contribution >= 0.6 is 0 Å². The number of likely N-dealkylation sites (N-methyl/N-ethyl adjacent to an activating group) is 1. The van der Waals surface area contributed by atoms with Gasteiger partial charge in [0.05, 0.1) is 0 Å². The van der Waals surface area contributed by atoms with Gasteiger partial charge in [-0.05, 0) is 36.9 Å². The van der Waals surface area contributed by atoms with Crippen LogP contribution in [0.25, 0.3) is 0 Å². The fraction of sp³-hybridized carbons (Fsp3) is 0.316. The van der Waals surface area contributed by atoms with Crippen LogP contribution in [0.2, 0.25) is 0 Å². The smallest absolute Gasteiger partial charge is 0.261 e. The Morgan fingerprint density at radius 3 is 2.20 bits per heavy atom. The van der Waals surface area contributed by atoms with Crippen molar-refractivity contribution in [3.8, 4) is 0 Å². The number of benzene rings is 2. The average Bonchev–Trinajstić information content (AvgIpc) is 2.58. The molecule has 1 aliphatic heterocycles. The maximum atomic E-state index is 13.6. The molecule has 6 heteroatoms. The molecule has 25 heavy (non-hydrogen) atoms. The van der Waals surface area contributed by atoms with Crippen LogP contribution in [-0.2, 0) is 6.54 Å². The number of amides is 1. The molecule has 1 aliphatic rings. The fourth-order valence-corrected chi connectivity index (χ4v) is 2.87. The van der Waals surface area contributed by atoms with Crippen LogP contribution < -0.4 is 5.32 Å². The van der Waals surface area contributed by atoms with Crippen LogP contribution in [0.3, 0.4) is 0 Å². The maximum Gasteiger partial charge on any atom is 0.261 e. The number of hydrogen-bond acceptors (Lipinski definition) is 3. The van der Waals surface area contributed by atoms with Crippen molar-refractivity contribution in [2.75, 3.05) is 38.5 Å². The Morgan fingerprint density at radius 1 is 1.00 bits per heavy atom. The summed E-state index contributed by atoms with van der Waals surface area (Å²) in [4.78, 5) is 16.8. The Bertz CT molecular complexity index is 721. The normalized spacial score (nSPS) is 16.0. The molecule has 132 valence electrons. The van der Waals surface area contributed by atoms with Gasteiger partial charge in [0, 0.05) is 38.4 Å². The number of anilines is 1. The molecule has 2 aromatic rings. The molecule has 1 amide bonds. The Balaban J connectivity index is 1.62. The molecule has 1 fully saturated rings. The van der Waals surface area contributed by atoms with Crippen LogP contribution in [0.15, 0.2) is 42.5 Å². The van der Waals surface area contributed by atoms with Crippen LogP contribution in [0, 0.1) is 11.6 Å². The van der Waals surface area contributed by atoms with Gasteiger partial charge in [0.25, 0.3) is 5.91 Å². The van der Waals surface area contributed by atoms with Crippen molar-refractivity contribution in [3.05, 3.63) is 65.2 Å². The Hall–Kier alpha value is -2.31. The number of piperazine rings is 1. The number of nitrogens with one attached hydrogen (secondary N) is 1. The monoisotopic (exact) mass is 345 g/mol. The molecule has 0 aliphatic carbocycles. The molecule has 3 rings (SSSR count). The number of nitrogens with zero attached hydrogens (tertiary/aromatic N) is 2. The van der Waals surface area contributed by atoms with E-state index in [9.17, 15) is 13.6 Å². The molecular weight excluding hydrogens is 324 g/mol. The van der Waals surface area contributed by atoms with Gasteiger partial charge >= 0.3 is 0 Å². The summed E-state index contributed by atoms with van der Waals surface area (Å²) in [5.41, 5.74) is 1.08. The predicted molar refractivity (Wildman–Crippen MR) is 93.5 cm³/mol. The van der Waals surface area contributed by atoms with Crippen molar-refractivity contribution in [2.45, 2.75) is 6.54 Å². The average molecular weight is 345 g/mol. The van der Waals surface area contributed by atoms with Crippen molar-refractivity contribution in [2.24, 2.45) is 0 Å². The van der Waals surface area contributed by atoms with E-state index in [0.29, 0.717) is 5.69 Å². The van der Waals surface area contributed by atoms with Gasteiger partial charge in [0.1, 0.15) is 17.2 Å². The number of rotatable bonds is 4. The minimum Gasteiger partial charge on any atom is -0.322 e. The Kier molecular flexibility index (Phi) is 5.40. The summed E-state index contributed by atoms with van der Waals surface area (Å²) in [7, 11) is 2.12. The zero-order chi connectivity index (χ0) is 17.8. The lowest BCUT2D eigenvalue weighted by Gasteiger charge is -2.32. The van der Waals surface area contributed by atoms with Crippen molar-refractivity contribution < 1.29 is 13.6 Å². The zero-order valence-corrected chi connectivity index (χ0v) is 14.1. The highest BCUT2D eigenvalue weighted by atomic mass is 19.1. The standard InChI is InChI=1S/C19H21F2N3O/c1-23-9-11-24(12-10-23)13-14-5-7-15(8-6-14)22-19(25)18-16(20)3-2-4-17(18)21/h2-8H,9-13H2,1H3,(H,22,25). The molecule has 0 aromatic heterocycles. The first-order valence-electron chi connectivity index (χ1n) is 8.28. The van der Waals surface area contributed by atoms with Crippen molar-refractivity contribution in [1.82, 2.24) is 9.80 Å². The molecule has 0 saturated carbocycles. The number of carbonyl (C=O) groups excluding carboxylic acids is 1. The third-order valence-corrected chi connectivity index (χ3v) is 4.40. The van der Waals surface area contributed by atoms with Crippen molar-refractivity contribution >= 4 is 11.6 Å². The van der Waals surface area contributed by atoms with E-state index in [1.54, 1.807) is 12.1 Å². The summed E-state index contributed by atoms with van der Waals surface area (Å²) in [6.45, 7) is 5.03. The second-order valence-corrected chi connectivity index (χ2v) is 6.33. The van der Waals surface area contributed by atoms with E-state index < -0.39 is 23.1 Å². The SMILES string of the molecule is CN1CCN(Cc2ccc(NC(=O)c3c(F)cccc3F)cc2)CC1. The molecule has 0 bridgehead atoms. The molecular formula is C19H21F2N3O. The van der Waals surface area contributed by atoms with Gasteiger partial charge < -0.3 is 10.2 Å². The lowest BCUT2D eigenvalue weighted by atomic mass is 10.1. The highest BCUT2D eigenvalue weighted by molar-refractivity contribution is 6.04. The van der Waals surface area contributed by atoms with E-state index >= 15 is 0 Å². The molecule has 4 nitrogen and oxygen atoms in total. The van der Waals surface area contributed by atoms with Gasteiger partial charge in [-0.3, -0.25) is 9.69 Å². The molecule has 1 saturated heterocycles. The molecule has 0 unspecified atom stereocenters. The molecule has 1 heterocycles. The summed E-state index contributed by atoms with van der Waals surface area (Å²) >= 11 is 0. The molecule has 1 N–H and O–H groups in total. The van der Waals surface area contributed by atoms with Gasteiger partial charge in [-0.2, -0.15) is 0 Å². The summed E-state index contributed by atoms with van der Waals surface area (Å²) in [6.07, 6.45) is 0. The second kappa shape index (κ2) is 7.72. The topological polar surface area (TPSA) is 35.6 Å². The molecule has 0 atom stereocenters. The van der Waals surface area contributed by atoms with Crippen molar-refractivity contribution in [3.63, 3.8) is 0 Å². The fourth-order valence-electron chi connectivity index (χ4n) is 2.87. The summed E-state index contributed by atoms with van der Waals surface area (Å²) in [5, 5.41) is 2.54. The summed E-state index contributed by atoms with van der Waals surface area (Å²) < 4.78 is 27.3. The number of carbonyl (C=O) groups is 1. The number of halogens is 2. The highest BCUT2D eigenvalue weighted by Crippen LogP contribution is 2.17. The van der Waals surface area contributed by atoms with Crippen LogP contribution in [0.1, 0.15) is 15.9 Å². The lowest BCUT2D eigenvalue weighted by Crippen LogP contribution is -2.43. The summed E-state index contributed by atoms with van der Waals surface area (Å²) in [6, 6.07) is 10.7. The predicted octanol–water partition coefficient (Wildman–Crippen LogP) is 2.96. The van der Waals surface area contributed by atoms with E-state index in [1.165, 1.54) is 6.07 Å².